The minimum atomic E-state index is -0.441. The molecule has 4 nitrogen and oxygen atoms in total. The van der Waals surface area contributed by atoms with Gasteiger partial charge in [-0.1, -0.05) is 6.07 Å². The van der Waals surface area contributed by atoms with E-state index in [1.165, 1.54) is 4.88 Å². The molecule has 0 radical (unpaired) electrons. The van der Waals surface area contributed by atoms with Gasteiger partial charge in [0.25, 0.3) is 0 Å². The lowest BCUT2D eigenvalue weighted by Gasteiger charge is -2.35. The summed E-state index contributed by atoms with van der Waals surface area (Å²) >= 11 is 1.66. The number of carbonyl (C=O) groups is 1. The Kier molecular flexibility index (Phi) is 4.37. The van der Waals surface area contributed by atoms with Gasteiger partial charge in [0.15, 0.2) is 0 Å². The minimum absolute atomic E-state index is 0.0452. The molecular formula is C13H20N2O2S. The van der Waals surface area contributed by atoms with Crippen LogP contribution in [0.1, 0.15) is 30.7 Å². The Morgan fingerprint density at radius 2 is 2.33 bits per heavy atom. The van der Waals surface area contributed by atoms with E-state index in [1.807, 2.05) is 24.4 Å². The summed E-state index contributed by atoms with van der Waals surface area (Å²) in [5, 5.41) is 5.10. The summed E-state index contributed by atoms with van der Waals surface area (Å²) in [6, 6.07) is 4.08. The van der Waals surface area contributed by atoms with E-state index < -0.39 is 5.41 Å². The largest absolute Gasteiger partial charge is 0.381 e. The average molecular weight is 268 g/mol. The van der Waals surface area contributed by atoms with Gasteiger partial charge in [0.1, 0.15) is 0 Å². The number of ether oxygens (including phenoxy) is 1. The maximum atomic E-state index is 12.4. The Bertz CT molecular complexity index is 386. The first-order chi connectivity index (χ1) is 8.68. The van der Waals surface area contributed by atoms with Crippen LogP contribution >= 0.6 is 11.3 Å². The fourth-order valence-corrected chi connectivity index (χ4v) is 2.98. The van der Waals surface area contributed by atoms with Crippen molar-refractivity contribution in [3.63, 3.8) is 0 Å². The molecule has 1 aromatic heterocycles. The van der Waals surface area contributed by atoms with Crippen LogP contribution in [0.5, 0.6) is 0 Å². The lowest BCUT2D eigenvalue weighted by molar-refractivity contribution is -0.136. The SMILES string of the molecule is C[C@H](NC(=O)C1(CN)CCOCC1)c1cccs1. The highest BCUT2D eigenvalue weighted by Gasteiger charge is 2.39. The summed E-state index contributed by atoms with van der Waals surface area (Å²) in [5.74, 6) is 0.0641. The van der Waals surface area contributed by atoms with Crippen LogP contribution in [0.3, 0.4) is 0 Å². The quantitative estimate of drug-likeness (QED) is 0.873. The third-order valence-corrected chi connectivity index (χ3v) is 4.69. The fourth-order valence-electron chi connectivity index (χ4n) is 2.24. The third-order valence-electron chi connectivity index (χ3n) is 3.64. The molecule has 0 aromatic carbocycles. The predicted octanol–water partition coefficient (Wildman–Crippen LogP) is 1.68. The zero-order valence-corrected chi connectivity index (χ0v) is 11.5. The van der Waals surface area contributed by atoms with Crippen molar-refractivity contribution in [2.45, 2.75) is 25.8 Å². The first-order valence-corrected chi connectivity index (χ1v) is 7.18. The summed E-state index contributed by atoms with van der Waals surface area (Å²) < 4.78 is 5.32. The monoisotopic (exact) mass is 268 g/mol. The van der Waals surface area contributed by atoms with E-state index in [-0.39, 0.29) is 11.9 Å². The number of nitrogens with one attached hydrogen (secondary N) is 1. The van der Waals surface area contributed by atoms with E-state index >= 15 is 0 Å². The minimum Gasteiger partial charge on any atom is -0.381 e. The second-order valence-corrected chi connectivity index (χ2v) is 5.79. The first kappa shape index (κ1) is 13.5. The third kappa shape index (κ3) is 2.74. The van der Waals surface area contributed by atoms with Gasteiger partial charge in [-0.2, -0.15) is 0 Å². The van der Waals surface area contributed by atoms with Crippen molar-refractivity contribution in [1.82, 2.24) is 5.32 Å². The summed E-state index contributed by atoms with van der Waals surface area (Å²) in [4.78, 5) is 13.6. The second kappa shape index (κ2) is 5.82. The van der Waals surface area contributed by atoms with Crippen molar-refractivity contribution in [2.75, 3.05) is 19.8 Å². The zero-order chi connectivity index (χ0) is 13.0. The van der Waals surface area contributed by atoms with Gasteiger partial charge in [0.2, 0.25) is 5.91 Å². The molecular weight excluding hydrogens is 248 g/mol. The topological polar surface area (TPSA) is 64.4 Å². The standard InChI is InChI=1S/C13H20N2O2S/c1-10(11-3-2-8-18-11)15-12(16)13(9-14)4-6-17-7-5-13/h2-3,8,10H,4-7,9,14H2,1H3,(H,15,16)/t10-/m0/s1. The van der Waals surface area contributed by atoms with E-state index in [1.54, 1.807) is 11.3 Å². The molecule has 1 fully saturated rings. The van der Waals surface area contributed by atoms with E-state index in [0.717, 1.165) is 0 Å². The molecule has 0 unspecified atom stereocenters. The van der Waals surface area contributed by atoms with Gasteiger partial charge in [-0.15, -0.1) is 11.3 Å². The summed E-state index contributed by atoms with van der Waals surface area (Å²) in [6.45, 7) is 3.64. The molecule has 5 heteroatoms. The van der Waals surface area contributed by atoms with Crippen LogP contribution in [-0.2, 0) is 9.53 Å². The van der Waals surface area contributed by atoms with Crippen LogP contribution in [0.25, 0.3) is 0 Å². The first-order valence-electron chi connectivity index (χ1n) is 6.30. The summed E-state index contributed by atoms with van der Waals surface area (Å²) in [5.41, 5.74) is 5.38. The molecule has 1 aromatic rings. The van der Waals surface area contributed by atoms with Gasteiger partial charge < -0.3 is 15.8 Å². The Labute approximate surface area is 112 Å². The molecule has 3 N–H and O–H groups in total. The van der Waals surface area contributed by atoms with Gasteiger partial charge in [-0.3, -0.25) is 4.79 Å². The lowest BCUT2D eigenvalue weighted by atomic mass is 9.79. The van der Waals surface area contributed by atoms with Crippen LogP contribution in [0.4, 0.5) is 0 Å². The predicted molar refractivity (Wildman–Crippen MR) is 72.4 cm³/mol. The van der Waals surface area contributed by atoms with Crippen LogP contribution in [0.2, 0.25) is 0 Å². The van der Waals surface area contributed by atoms with Crippen LogP contribution in [0, 0.1) is 5.41 Å². The maximum absolute atomic E-state index is 12.4. The van der Waals surface area contributed by atoms with Crippen LogP contribution in [0.15, 0.2) is 17.5 Å². The number of rotatable bonds is 4. The number of amides is 1. The number of nitrogens with two attached hydrogens (primary N) is 1. The molecule has 1 aliphatic heterocycles. The van der Waals surface area contributed by atoms with Crippen molar-refractivity contribution in [3.05, 3.63) is 22.4 Å². The van der Waals surface area contributed by atoms with Crippen LogP contribution in [-0.4, -0.2) is 25.7 Å². The molecule has 0 saturated carbocycles. The molecule has 1 atom stereocenters. The van der Waals surface area contributed by atoms with E-state index in [2.05, 4.69) is 5.32 Å². The van der Waals surface area contributed by atoms with E-state index in [4.69, 9.17) is 10.5 Å². The van der Waals surface area contributed by atoms with Crippen molar-refractivity contribution < 1.29 is 9.53 Å². The second-order valence-electron chi connectivity index (χ2n) is 4.81. The van der Waals surface area contributed by atoms with Crippen molar-refractivity contribution in [3.8, 4) is 0 Å². The smallest absolute Gasteiger partial charge is 0.228 e. The summed E-state index contributed by atoms with van der Waals surface area (Å²) in [6.07, 6.45) is 1.43. The Morgan fingerprint density at radius 1 is 1.61 bits per heavy atom. The van der Waals surface area contributed by atoms with Crippen molar-refractivity contribution in [1.29, 1.82) is 0 Å². The molecule has 100 valence electrons. The molecule has 2 rings (SSSR count). The molecule has 1 saturated heterocycles. The average Bonchev–Trinajstić information content (AvgIpc) is 2.93. The highest BCUT2D eigenvalue weighted by atomic mass is 32.1. The van der Waals surface area contributed by atoms with Gasteiger partial charge in [-0.25, -0.2) is 0 Å². The Hall–Kier alpha value is -0.910. The molecule has 2 heterocycles. The molecule has 1 amide bonds. The molecule has 0 aliphatic carbocycles. The highest BCUT2D eigenvalue weighted by Crippen LogP contribution is 2.30. The van der Waals surface area contributed by atoms with E-state index in [0.29, 0.717) is 32.6 Å². The number of thiophene rings is 1. The van der Waals surface area contributed by atoms with Gasteiger partial charge in [-0.05, 0) is 31.2 Å². The summed E-state index contributed by atoms with van der Waals surface area (Å²) in [7, 11) is 0. The van der Waals surface area contributed by atoms with Gasteiger partial charge in [0.05, 0.1) is 11.5 Å². The number of hydrogen-bond donors (Lipinski definition) is 2. The zero-order valence-electron chi connectivity index (χ0n) is 10.6. The van der Waals surface area contributed by atoms with Gasteiger partial charge in [0, 0.05) is 24.6 Å². The Morgan fingerprint density at radius 3 is 2.89 bits per heavy atom. The van der Waals surface area contributed by atoms with E-state index in [9.17, 15) is 4.79 Å². The highest BCUT2D eigenvalue weighted by molar-refractivity contribution is 7.10. The maximum Gasteiger partial charge on any atom is 0.228 e. The van der Waals surface area contributed by atoms with Crippen molar-refractivity contribution in [2.24, 2.45) is 11.1 Å². The van der Waals surface area contributed by atoms with Gasteiger partial charge >= 0.3 is 0 Å². The lowest BCUT2D eigenvalue weighted by Crippen LogP contribution is -2.49. The molecule has 0 bridgehead atoms. The molecule has 1 aliphatic rings. The number of hydrogen-bond acceptors (Lipinski definition) is 4. The van der Waals surface area contributed by atoms with Crippen molar-refractivity contribution >= 4 is 17.2 Å². The van der Waals surface area contributed by atoms with Crippen LogP contribution < -0.4 is 11.1 Å². The normalized spacial score (nSPS) is 20.3. The molecule has 18 heavy (non-hydrogen) atoms. The molecule has 0 spiro atoms. The Balaban J connectivity index is 2.01. The fraction of sp³-hybridized carbons (Fsp3) is 0.615. The number of carbonyl (C=O) groups excluding carboxylic acids is 1.